The van der Waals surface area contributed by atoms with Gasteiger partial charge in [-0.1, -0.05) is 12.1 Å². The topological polar surface area (TPSA) is 69.8 Å². The highest BCUT2D eigenvalue weighted by Gasteiger charge is 2.20. The molecule has 102 valence electrons. The van der Waals surface area contributed by atoms with E-state index in [-0.39, 0.29) is 18.3 Å². The van der Waals surface area contributed by atoms with Gasteiger partial charge in [0.05, 0.1) is 17.6 Å². The smallest absolute Gasteiger partial charge is 0.240 e. The van der Waals surface area contributed by atoms with Gasteiger partial charge in [-0.3, -0.25) is 10.1 Å². The van der Waals surface area contributed by atoms with E-state index >= 15 is 0 Å². The van der Waals surface area contributed by atoms with Crippen molar-refractivity contribution in [2.45, 2.75) is 12.8 Å². The third-order valence-corrected chi connectivity index (χ3v) is 3.06. The summed E-state index contributed by atoms with van der Waals surface area (Å²) in [7, 11) is 0. The molecule has 19 heavy (non-hydrogen) atoms. The molecule has 0 aliphatic heterocycles. The molecule has 1 saturated carbocycles. The van der Waals surface area contributed by atoms with E-state index in [0.717, 1.165) is 23.5 Å². The van der Waals surface area contributed by atoms with Gasteiger partial charge in [0.25, 0.3) is 0 Å². The number of carbonyl (C=O) groups excluding carboxylic acids is 1. The summed E-state index contributed by atoms with van der Waals surface area (Å²) in [4.78, 5) is 19.0. The van der Waals surface area contributed by atoms with E-state index in [1.807, 2.05) is 24.3 Å². The van der Waals surface area contributed by atoms with E-state index in [1.165, 1.54) is 12.8 Å². The molecule has 6 heteroatoms. The Hall–Kier alpha value is -1.59. The number of nitrogens with zero attached hydrogens (tertiary/aromatic N) is 1. The number of para-hydroxylation sites is 2. The molecule has 1 aromatic heterocycles. The number of anilines is 1. The van der Waals surface area contributed by atoms with Crippen LogP contribution in [0.15, 0.2) is 24.3 Å². The molecule has 3 N–H and O–H groups in total. The fraction of sp³-hybridized carbons (Fsp3) is 0.385. The number of rotatable bonds is 5. The minimum Gasteiger partial charge on any atom is -0.324 e. The van der Waals surface area contributed by atoms with Gasteiger partial charge in [-0.05, 0) is 37.4 Å². The second-order valence-electron chi connectivity index (χ2n) is 4.73. The molecule has 0 unspecified atom stereocenters. The zero-order chi connectivity index (χ0) is 12.4. The summed E-state index contributed by atoms with van der Waals surface area (Å²) in [5.41, 5.74) is 1.79. The molecule has 0 saturated heterocycles. The van der Waals surface area contributed by atoms with Crippen LogP contribution in [0, 0.1) is 5.92 Å². The molecule has 3 rings (SSSR count). The van der Waals surface area contributed by atoms with Crippen molar-refractivity contribution in [1.82, 2.24) is 15.3 Å². The molecule has 5 nitrogen and oxygen atoms in total. The number of hydrogen-bond donors (Lipinski definition) is 3. The number of aromatic nitrogens is 2. The molecule has 1 fully saturated rings. The minimum atomic E-state index is -0.0605. The second-order valence-corrected chi connectivity index (χ2v) is 4.73. The summed E-state index contributed by atoms with van der Waals surface area (Å²) in [6, 6.07) is 7.70. The molecule has 1 aliphatic carbocycles. The third kappa shape index (κ3) is 3.68. The lowest BCUT2D eigenvalue weighted by Crippen LogP contribution is -2.29. The number of carbonyl (C=O) groups is 1. The predicted octanol–water partition coefficient (Wildman–Crippen LogP) is 1.92. The van der Waals surface area contributed by atoms with E-state index in [0.29, 0.717) is 12.5 Å². The Morgan fingerprint density at radius 2 is 2.16 bits per heavy atom. The van der Waals surface area contributed by atoms with Crippen LogP contribution in [0.1, 0.15) is 12.8 Å². The molecule has 0 radical (unpaired) electrons. The van der Waals surface area contributed by atoms with Gasteiger partial charge in [0.2, 0.25) is 11.9 Å². The average Bonchev–Trinajstić information content (AvgIpc) is 3.08. The lowest BCUT2D eigenvalue weighted by atomic mass is 10.3. The van der Waals surface area contributed by atoms with Crippen molar-refractivity contribution >= 4 is 35.3 Å². The molecule has 0 atom stereocenters. The van der Waals surface area contributed by atoms with E-state index in [4.69, 9.17) is 0 Å². The largest absolute Gasteiger partial charge is 0.324 e. The van der Waals surface area contributed by atoms with Gasteiger partial charge in [0.1, 0.15) is 0 Å². The van der Waals surface area contributed by atoms with Gasteiger partial charge in [0, 0.05) is 0 Å². The van der Waals surface area contributed by atoms with Crippen molar-refractivity contribution < 1.29 is 4.79 Å². The Morgan fingerprint density at radius 1 is 1.37 bits per heavy atom. The number of fused-ring (bicyclic) bond motifs is 1. The molecule has 1 aliphatic rings. The Morgan fingerprint density at radius 3 is 2.89 bits per heavy atom. The van der Waals surface area contributed by atoms with Gasteiger partial charge < -0.3 is 10.3 Å². The normalized spacial score (nSPS) is 14.1. The lowest BCUT2D eigenvalue weighted by Gasteiger charge is -2.03. The molecule has 1 aromatic carbocycles. The summed E-state index contributed by atoms with van der Waals surface area (Å²) < 4.78 is 0. The van der Waals surface area contributed by atoms with Gasteiger partial charge in [0.15, 0.2) is 0 Å². The minimum absolute atomic E-state index is 0. The fourth-order valence-electron chi connectivity index (χ4n) is 1.90. The Kier molecular flexibility index (Phi) is 4.39. The van der Waals surface area contributed by atoms with Crippen LogP contribution < -0.4 is 10.6 Å². The number of imidazole rings is 1. The number of aromatic amines is 1. The quantitative estimate of drug-likeness (QED) is 0.784. The SMILES string of the molecule is Cl.O=C(CNCC1CC1)Nc1nc2ccccc2[nH]1. The molecular formula is C13H17ClN4O. The Balaban J connectivity index is 0.00000133. The summed E-state index contributed by atoms with van der Waals surface area (Å²) in [6.45, 7) is 1.28. The van der Waals surface area contributed by atoms with Crippen LogP contribution in [0.3, 0.4) is 0 Å². The summed E-state index contributed by atoms with van der Waals surface area (Å²) in [6.07, 6.45) is 2.58. The number of H-pyrrole nitrogens is 1. The number of benzene rings is 1. The second kappa shape index (κ2) is 6.04. The van der Waals surface area contributed by atoms with Gasteiger partial charge in [-0.2, -0.15) is 0 Å². The molecule has 2 aromatic rings. The fourth-order valence-corrected chi connectivity index (χ4v) is 1.90. The first-order valence-electron chi connectivity index (χ1n) is 6.26. The third-order valence-electron chi connectivity index (χ3n) is 3.06. The molecule has 1 amide bonds. The van der Waals surface area contributed by atoms with E-state index < -0.39 is 0 Å². The first-order valence-corrected chi connectivity index (χ1v) is 6.26. The molecular weight excluding hydrogens is 264 g/mol. The van der Waals surface area contributed by atoms with Crippen LogP contribution >= 0.6 is 12.4 Å². The van der Waals surface area contributed by atoms with Crippen LogP contribution in [-0.2, 0) is 4.79 Å². The molecule has 1 heterocycles. The lowest BCUT2D eigenvalue weighted by molar-refractivity contribution is -0.115. The maximum atomic E-state index is 11.7. The first-order chi connectivity index (χ1) is 8.81. The van der Waals surface area contributed by atoms with Gasteiger partial charge in [-0.25, -0.2) is 4.98 Å². The number of hydrogen-bond acceptors (Lipinski definition) is 3. The van der Waals surface area contributed by atoms with Crippen LogP contribution in [0.4, 0.5) is 5.95 Å². The molecule has 0 bridgehead atoms. The monoisotopic (exact) mass is 280 g/mol. The van der Waals surface area contributed by atoms with Crippen molar-refractivity contribution in [2.24, 2.45) is 5.92 Å². The van der Waals surface area contributed by atoms with Crippen molar-refractivity contribution in [3.63, 3.8) is 0 Å². The summed E-state index contributed by atoms with van der Waals surface area (Å²) >= 11 is 0. The highest BCUT2D eigenvalue weighted by molar-refractivity contribution is 5.92. The predicted molar refractivity (Wildman–Crippen MR) is 77.6 cm³/mol. The Labute approximate surface area is 117 Å². The summed E-state index contributed by atoms with van der Waals surface area (Å²) in [5.74, 6) is 1.23. The standard InChI is InChI=1S/C13H16N4O.ClH/c18-12(8-14-7-9-5-6-9)17-13-15-10-3-1-2-4-11(10)16-13;/h1-4,9,14H,5-8H2,(H2,15,16,17,18);1H. The highest BCUT2D eigenvalue weighted by Crippen LogP contribution is 2.27. The van der Waals surface area contributed by atoms with Crippen LogP contribution in [-0.4, -0.2) is 29.0 Å². The van der Waals surface area contributed by atoms with Crippen molar-refractivity contribution in [3.05, 3.63) is 24.3 Å². The van der Waals surface area contributed by atoms with E-state index in [9.17, 15) is 4.79 Å². The first kappa shape index (κ1) is 13.8. The number of amides is 1. The maximum Gasteiger partial charge on any atom is 0.240 e. The van der Waals surface area contributed by atoms with Crippen molar-refractivity contribution in [2.75, 3.05) is 18.4 Å². The van der Waals surface area contributed by atoms with Crippen molar-refractivity contribution in [3.8, 4) is 0 Å². The zero-order valence-electron chi connectivity index (χ0n) is 10.5. The average molecular weight is 281 g/mol. The van der Waals surface area contributed by atoms with Gasteiger partial charge >= 0.3 is 0 Å². The Bertz CT molecular complexity index is 532. The van der Waals surface area contributed by atoms with Crippen molar-refractivity contribution in [1.29, 1.82) is 0 Å². The summed E-state index contributed by atoms with van der Waals surface area (Å²) in [5, 5.41) is 5.90. The van der Waals surface area contributed by atoms with Crippen LogP contribution in [0.25, 0.3) is 11.0 Å². The zero-order valence-corrected chi connectivity index (χ0v) is 11.3. The maximum absolute atomic E-state index is 11.7. The highest BCUT2D eigenvalue weighted by atomic mass is 35.5. The molecule has 0 spiro atoms. The number of halogens is 1. The van der Waals surface area contributed by atoms with Crippen LogP contribution in [0.2, 0.25) is 0 Å². The van der Waals surface area contributed by atoms with Gasteiger partial charge in [-0.15, -0.1) is 12.4 Å². The van der Waals surface area contributed by atoms with E-state index in [2.05, 4.69) is 20.6 Å². The van der Waals surface area contributed by atoms with Crippen LogP contribution in [0.5, 0.6) is 0 Å². The van der Waals surface area contributed by atoms with E-state index in [1.54, 1.807) is 0 Å². The number of nitrogens with one attached hydrogen (secondary N) is 3.